The van der Waals surface area contributed by atoms with Gasteiger partial charge >= 0.3 is 0 Å². The molecule has 0 atom stereocenters. The highest BCUT2D eigenvalue weighted by Crippen LogP contribution is 2.58. The summed E-state index contributed by atoms with van der Waals surface area (Å²) in [6.07, 6.45) is 0. The van der Waals surface area contributed by atoms with Crippen molar-refractivity contribution in [2.45, 2.75) is 5.41 Å². The average molecular weight is 1040 g/mol. The number of rotatable bonds is 9. The Balaban J connectivity index is 1.01. The Kier molecular flexibility index (Phi) is 10.7. The number of para-hydroxylation sites is 1. The third-order valence-corrected chi connectivity index (χ3v) is 18.0. The van der Waals surface area contributed by atoms with E-state index < -0.39 is 5.41 Å². The molecule has 0 N–H and O–H groups in total. The Morgan fingerprint density at radius 1 is 0.312 bits per heavy atom. The van der Waals surface area contributed by atoms with Crippen molar-refractivity contribution in [3.05, 3.63) is 326 Å². The lowest BCUT2D eigenvalue weighted by atomic mass is 9.67. The van der Waals surface area contributed by atoms with Crippen LogP contribution in [0.1, 0.15) is 22.3 Å². The van der Waals surface area contributed by atoms with Gasteiger partial charge in [-0.3, -0.25) is 0 Å². The minimum Gasteiger partial charge on any atom is -0.310 e. The van der Waals surface area contributed by atoms with Gasteiger partial charge in [0.05, 0.1) is 16.4 Å². The fourth-order valence-electron chi connectivity index (χ4n) is 13.4. The van der Waals surface area contributed by atoms with Crippen molar-refractivity contribution in [1.82, 2.24) is 4.57 Å². The molecule has 2 aromatic heterocycles. The summed E-state index contributed by atoms with van der Waals surface area (Å²) in [5, 5.41) is 7.49. The van der Waals surface area contributed by atoms with Crippen LogP contribution in [-0.4, -0.2) is 4.57 Å². The van der Waals surface area contributed by atoms with E-state index in [1.54, 1.807) is 0 Å². The number of anilines is 3. The zero-order chi connectivity index (χ0) is 52.7. The molecule has 2 nitrogen and oxygen atoms in total. The molecule has 16 rings (SSSR count). The molecule has 0 unspecified atom stereocenters. The first-order chi connectivity index (χ1) is 39.7. The van der Waals surface area contributed by atoms with Crippen molar-refractivity contribution < 1.29 is 0 Å². The molecule has 0 saturated carbocycles. The summed E-state index contributed by atoms with van der Waals surface area (Å²) < 4.78 is 5.11. The number of fused-ring (bicyclic) bond motifs is 11. The topological polar surface area (TPSA) is 8.17 Å². The quantitative estimate of drug-likeness (QED) is 0.140. The summed E-state index contributed by atoms with van der Waals surface area (Å²) in [5.41, 5.74) is 20.9. The summed E-state index contributed by atoms with van der Waals surface area (Å²) in [4.78, 5) is 2.48. The number of benzene rings is 13. The highest BCUT2D eigenvalue weighted by Gasteiger charge is 2.46. The molecule has 13 aromatic carbocycles. The number of hydrogen-bond acceptors (Lipinski definition) is 2. The van der Waals surface area contributed by atoms with Crippen molar-refractivity contribution in [2.24, 2.45) is 0 Å². The van der Waals surface area contributed by atoms with Gasteiger partial charge in [-0.25, -0.2) is 0 Å². The second kappa shape index (κ2) is 18.6. The van der Waals surface area contributed by atoms with Gasteiger partial charge in [-0.1, -0.05) is 237 Å². The van der Waals surface area contributed by atoms with Gasteiger partial charge in [0.2, 0.25) is 0 Å². The number of hydrogen-bond donors (Lipinski definition) is 0. The van der Waals surface area contributed by atoms with E-state index in [1.807, 2.05) is 11.3 Å². The van der Waals surface area contributed by atoms with E-state index in [1.165, 1.54) is 114 Å². The fraction of sp³-hybridized carbons (Fsp3) is 0.0130. The van der Waals surface area contributed by atoms with E-state index >= 15 is 0 Å². The minimum absolute atomic E-state index is 0.565. The van der Waals surface area contributed by atoms with Crippen LogP contribution in [0, 0.1) is 0 Å². The van der Waals surface area contributed by atoms with Crippen molar-refractivity contribution in [3.63, 3.8) is 0 Å². The average Bonchev–Trinajstić information content (AvgIpc) is 4.32. The van der Waals surface area contributed by atoms with Gasteiger partial charge in [0.25, 0.3) is 0 Å². The number of thiophene rings is 1. The second-order valence-corrected chi connectivity index (χ2v) is 22.2. The zero-order valence-corrected chi connectivity index (χ0v) is 44.5. The van der Waals surface area contributed by atoms with E-state index in [9.17, 15) is 0 Å². The molecule has 0 saturated heterocycles. The molecule has 0 aliphatic heterocycles. The van der Waals surface area contributed by atoms with E-state index in [4.69, 9.17) is 0 Å². The summed E-state index contributed by atoms with van der Waals surface area (Å²) >= 11 is 1.89. The van der Waals surface area contributed by atoms with Crippen LogP contribution in [0.5, 0.6) is 0 Å². The molecule has 3 heteroatoms. The summed E-state index contributed by atoms with van der Waals surface area (Å²) in [6.45, 7) is 0. The van der Waals surface area contributed by atoms with E-state index in [0.29, 0.717) is 0 Å². The second-order valence-electron chi connectivity index (χ2n) is 21.1. The lowest BCUT2D eigenvalue weighted by Gasteiger charge is -2.35. The SMILES string of the molecule is c1ccc(-c2ccc(N(c3ccc4c(c3)C(c3ccccc3)(c3ccccc3)c3ccccc3-4)c3ccc4c5c6c(cc(-c7cccc8ccccc78)c5n(-c5ccccc5)c4c3)sc3ccc(-c4ccccc4)cc36)cc2)cc1. The minimum atomic E-state index is -0.565. The van der Waals surface area contributed by atoms with E-state index in [2.05, 4.69) is 313 Å². The predicted molar refractivity (Wildman–Crippen MR) is 339 cm³/mol. The van der Waals surface area contributed by atoms with E-state index in [-0.39, 0.29) is 0 Å². The van der Waals surface area contributed by atoms with Gasteiger partial charge in [0.15, 0.2) is 0 Å². The molecule has 0 fully saturated rings. The zero-order valence-electron chi connectivity index (χ0n) is 43.7. The molecule has 0 spiro atoms. The van der Waals surface area contributed by atoms with Gasteiger partial charge < -0.3 is 9.47 Å². The molecule has 2 heterocycles. The van der Waals surface area contributed by atoms with Crippen molar-refractivity contribution >= 4 is 81.1 Å². The molecule has 0 amide bonds. The van der Waals surface area contributed by atoms with Crippen LogP contribution < -0.4 is 4.90 Å². The predicted octanol–water partition coefficient (Wildman–Crippen LogP) is 21.1. The summed E-state index contributed by atoms with van der Waals surface area (Å²) in [5.74, 6) is 0. The molecule has 1 aliphatic carbocycles. The molecular formula is C77H50N2S. The standard InChI is InChI=1S/C77H50N2S/c1-6-21-51(22-7-1)53-37-40-59(41-38-53)78(60-42-44-65-64-34-18-19-36-69(64)77(70(65)48-60,56-27-10-3-11-28-56)57-29-12-4-13-30-57)61-43-45-66-71(49-61)79(58-31-14-5-15-32-58)76-67(63-35-20-26-54-25-16-17-33-62(54)63)50-73-74(75(66)76)68-47-55(39-46-72(68)80-73)52-23-8-2-9-24-52/h1-50H. The molecule has 0 bridgehead atoms. The van der Waals surface area contributed by atoms with Crippen molar-refractivity contribution in [2.75, 3.05) is 4.90 Å². The monoisotopic (exact) mass is 1030 g/mol. The molecular weight excluding hydrogens is 985 g/mol. The van der Waals surface area contributed by atoms with Gasteiger partial charge in [-0.15, -0.1) is 11.3 Å². The Morgan fingerprint density at radius 2 is 0.863 bits per heavy atom. The van der Waals surface area contributed by atoms with Crippen molar-refractivity contribution in [3.8, 4) is 50.2 Å². The molecule has 374 valence electrons. The van der Waals surface area contributed by atoms with Crippen LogP contribution in [0.25, 0.3) is 103 Å². The molecule has 1 aliphatic rings. The van der Waals surface area contributed by atoms with E-state index in [0.717, 1.165) is 28.3 Å². The highest BCUT2D eigenvalue weighted by atomic mass is 32.1. The number of aromatic nitrogens is 1. The first-order valence-corrected chi connectivity index (χ1v) is 28.4. The summed E-state index contributed by atoms with van der Waals surface area (Å²) in [6, 6.07) is 113. The Morgan fingerprint density at radius 3 is 1.60 bits per heavy atom. The van der Waals surface area contributed by atoms with Crippen LogP contribution >= 0.6 is 11.3 Å². The normalized spacial score (nSPS) is 12.6. The highest BCUT2D eigenvalue weighted by molar-refractivity contribution is 7.26. The smallest absolute Gasteiger partial charge is 0.0714 e. The Labute approximate surface area is 469 Å². The maximum atomic E-state index is 2.56. The lowest BCUT2D eigenvalue weighted by Crippen LogP contribution is -2.28. The van der Waals surface area contributed by atoms with Gasteiger partial charge in [0.1, 0.15) is 0 Å². The first kappa shape index (κ1) is 46.1. The largest absolute Gasteiger partial charge is 0.310 e. The third-order valence-electron chi connectivity index (χ3n) is 16.8. The van der Waals surface area contributed by atoms with Gasteiger partial charge in [-0.2, -0.15) is 0 Å². The summed E-state index contributed by atoms with van der Waals surface area (Å²) in [7, 11) is 0. The van der Waals surface area contributed by atoms with Crippen LogP contribution in [-0.2, 0) is 5.41 Å². The fourth-order valence-corrected chi connectivity index (χ4v) is 14.5. The van der Waals surface area contributed by atoms with Crippen molar-refractivity contribution in [1.29, 1.82) is 0 Å². The Bertz CT molecular complexity index is 4800. The molecule has 0 radical (unpaired) electrons. The lowest BCUT2D eigenvalue weighted by molar-refractivity contribution is 0.768. The van der Waals surface area contributed by atoms with Gasteiger partial charge in [0, 0.05) is 59.3 Å². The molecule has 15 aromatic rings. The maximum Gasteiger partial charge on any atom is 0.0714 e. The van der Waals surface area contributed by atoms with Crippen LogP contribution in [0.3, 0.4) is 0 Å². The first-order valence-electron chi connectivity index (χ1n) is 27.6. The maximum absolute atomic E-state index is 2.56. The third kappa shape index (κ3) is 7.11. The number of nitrogens with zero attached hydrogens (tertiary/aromatic N) is 2. The van der Waals surface area contributed by atoms with Crippen LogP contribution in [0.4, 0.5) is 17.1 Å². The Hall–Kier alpha value is -10.1. The van der Waals surface area contributed by atoms with Crippen LogP contribution in [0.2, 0.25) is 0 Å². The molecule has 80 heavy (non-hydrogen) atoms. The van der Waals surface area contributed by atoms with Crippen LogP contribution in [0.15, 0.2) is 303 Å². The van der Waals surface area contributed by atoms with Gasteiger partial charge in [-0.05, 0) is 139 Å².